The monoisotopic (exact) mass is 310 g/mol. The van der Waals surface area contributed by atoms with Gasteiger partial charge in [-0.3, -0.25) is 9.59 Å². The number of nitrogens with zero attached hydrogens (tertiary/aromatic N) is 1. The average Bonchev–Trinajstić information content (AvgIpc) is 2.85. The third kappa shape index (κ3) is 3.32. The van der Waals surface area contributed by atoms with Gasteiger partial charge < -0.3 is 10.2 Å². The molecule has 1 N–H and O–H groups in total. The van der Waals surface area contributed by atoms with Crippen molar-refractivity contribution in [3.8, 4) is 0 Å². The van der Waals surface area contributed by atoms with Gasteiger partial charge in [-0.1, -0.05) is 12.1 Å². The van der Waals surface area contributed by atoms with Crippen LogP contribution in [0.15, 0.2) is 28.7 Å². The van der Waals surface area contributed by atoms with Crippen molar-refractivity contribution in [2.45, 2.75) is 19.3 Å². The molecular weight excluding hydrogens is 296 g/mol. The summed E-state index contributed by atoms with van der Waals surface area (Å²) >= 11 is 3.35. The maximum absolute atomic E-state index is 11.8. The summed E-state index contributed by atoms with van der Waals surface area (Å²) in [6.45, 7) is 1.56. The average molecular weight is 311 g/mol. The molecule has 5 heteroatoms. The molecule has 1 fully saturated rings. The summed E-state index contributed by atoms with van der Waals surface area (Å²) in [7, 11) is 0. The smallest absolute Gasteiger partial charge is 0.233 e. The van der Waals surface area contributed by atoms with Crippen LogP contribution in [0.25, 0.3) is 0 Å². The summed E-state index contributed by atoms with van der Waals surface area (Å²) in [6, 6.07) is 7.35. The van der Waals surface area contributed by atoms with Crippen molar-refractivity contribution in [1.82, 2.24) is 4.90 Å². The first-order valence-electron chi connectivity index (χ1n) is 5.99. The van der Waals surface area contributed by atoms with Crippen molar-refractivity contribution in [3.05, 3.63) is 28.7 Å². The number of carbonyl (C=O) groups excluding carboxylic acids is 2. The highest BCUT2D eigenvalue weighted by Gasteiger charge is 2.20. The van der Waals surface area contributed by atoms with E-state index in [2.05, 4.69) is 21.2 Å². The van der Waals surface area contributed by atoms with Gasteiger partial charge >= 0.3 is 0 Å². The molecule has 96 valence electrons. The number of amides is 2. The van der Waals surface area contributed by atoms with Crippen LogP contribution in [0.3, 0.4) is 0 Å². The Balaban J connectivity index is 1.89. The number of carbonyl (C=O) groups is 2. The molecule has 1 aliphatic rings. The zero-order chi connectivity index (χ0) is 13.0. The number of para-hydroxylation sites is 1. The van der Waals surface area contributed by atoms with Gasteiger partial charge in [0.1, 0.15) is 6.42 Å². The van der Waals surface area contributed by atoms with E-state index < -0.39 is 0 Å². The van der Waals surface area contributed by atoms with Gasteiger partial charge in [-0.05, 0) is 40.9 Å². The molecule has 0 aromatic heterocycles. The van der Waals surface area contributed by atoms with Crippen LogP contribution >= 0.6 is 15.9 Å². The van der Waals surface area contributed by atoms with Crippen LogP contribution in [0.2, 0.25) is 0 Å². The van der Waals surface area contributed by atoms with E-state index in [-0.39, 0.29) is 18.2 Å². The number of halogens is 1. The van der Waals surface area contributed by atoms with Crippen molar-refractivity contribution in [3.63, 3.8) is 0 Å². The van der Waals surface area contributed by atoms with Gasteiger partial charge in [0.05, 0.1) is 5.69 Å². The number of likely N-dealkylation sites (tertiary alicyclic amines) is 1. The van der Waals surface area contributed by atoms with Gasteiger partial charge in [0.15, 0.2) is 0 Å². The molecular formula is C13H15BrN2O2. The van der Waals surface area contributed by atoms with Crippen LogP contribution in [0.5, 0.6) is 0 Å². The molecule has 0 bridgehead atoms. The van der Waals surface area contributed by atoms with Crippen LogP contribution in [-0.4, -0.2) is 29.8 Å². The number of anilines is 1. The van der Waals surface area contributed by atoms with Crippen LogP contribution in [-0.2, 0) is 9.59 Å². The third-order valence-electron chi connectivity index (χ3n) is 2.92. The normalized spacial score (nSPS) is 14.6. The number of rotatable bonds is 3. The van der Waals surface area contributed by atoms with Gasteiger partial charge in [-0.15, -0.1) is 0 Å². The molecule has 1 aliphatic heterocycles. The van der Waals surface area contributed by atoms with Gasteiger partial charge in [-0.25, -0.2) is 0 Å². The fourth-order valence-electron chi connectivity index (χ4n) is 1.97. The van der Waals surface area contributed by atoms with E-state index in [1.807, 2.05) is 18.2 Å². The minimum absolute atomic E-state index is 0.0820. The predicted molar refractivity (Wildman–Crippen MR) is 73.2 cm³/mol. The standard InChI is InChI=1S/C13H15BrN2O2/c14-10-5-1-2-6-11(10)15-12(17)9-13(18)16-7-3-4-8-16/h1-2,5-6H,3-4,7-9H2,(H,15,17). The summed E-state index contributed by atoms with van der Waals surface area (Å²) in [5.74, 6) is -0.351. The lowest BCUT2D eigenvalue weighted by Crippen LogP contribution is -2.31. The molecule has 1 aromatic carbocycles. The quantitative estimate of drug-likeness (QED) is 0.872. The third-order valence-corrected chi connectivity index (χ3v) is 3.61. The van der Waals surface area contributed by atoms with E-state index in [0.29, 0.717) is 5.69 Å². The summed E-state index contributed by atoms with van der Waals surface area (Å²) in [4.78, 5) is 25.3. The van der Waals surface area contributed by atoms with Crippen molar-refractivity contribution >= 4 is 33.4 Å². The second-order valence-electron chi connectivity index (χ2n) is 4.29. The summed E-state index contributed by atoms with van der Waals surface area (Å²) in [5, 5.41) is 2.73. The lowest BCUT2D eigenvalue weighted by atomic mass is 10.3. The minimum Gasteiger partial charge on any atom is -0.342 e. The van der Waals surface area contributed by atoms with E-state index in [1.165, 1.54) is 0 Å². The van der Waals surface area contributed by atoms with Crippen molar-refractivity contribution in [2.24, 2.45) is 0 Å². The molecule has 0 atom stereocenters. The fraction of sp³-hybridized carbons (Fsp3) is 0.385. The van der Waals surface area contributed by atoms with Gasteiger partial charge in [0.2, 0.25) is 11.8 Å². The second kappa shape index (κ2) is 6.00. The maximum Gasteiger partial charge on any atom is 0.233 e. The molecule has 0 unspecified atom stereocenters. The zero-order valence-corrected chi connectivity index (χ0v) is 11.6. The molecule has 18 heavy (non-hydrogen) atoms. The van der Waals surface area contributed by atoms with Crippen LogP contribution in [0.4, 0.5) is 5.69 Å². The Labute approximate surface area is 114 Å². The van der Waals surface area contributed by atoms with E-state index in [9.17, 15) is 9.59 Å². The Morgan fingerprint density at radius 1 is 1.22 bits per heavy atom. The number of hydrogen-bond acceptors (Lipinski definition) is 2. The number of nitrogens with one attached hydrogen (secondary N) is 1. The Kier molecular flexibility index (Phi) is 4.36. The van der Waals surface area contributed by atoms with Crippen molar-refractivity contribution < 1.29 is 9.59 Å². The SMILES string of the molecule is O=C(CC(=O)N1CCCC1)Nc1ccccc1Br. The topological polar surface area (TPSA) is 49.4 Å². The molecule has 2 amide bonds. The Hall–Kier alpha value is -1.36. The highest BCUT2D eigenvalue weighted by Crippen LogP contribution is 2.21. The molecule has 0 aliphatic carbocycles. The van der Waals surface area contributed by atoms with E-state index >= 15 is 0 Å². The second-order valence-corrected chi connectivity index (χ2v) is 5.15. The van der Waals surface area contributed by atoms with Gasteiger partial charge in [-0.2, -0.15) is 0 Å². The summed E-state index contributed by atoms with van der Waals surface area (Å²) in [6.07, 6.45) is 2.00. The van der Waals surface area contributed by atoms with Crippen molar-refractivity contribution in [2.75, 3.05) is 18.4 Å². The van der Waals surface area contributed by atoms with E-state index in [0.717, 1.165) is 30.4 Å². The first-order chi connectivity index (χ1) is 8.66. The minimum atomic E-state index is -0.265. The Bertz CT molecular complexity index is 456. The zero-order valence-electron chi connectivity index (χ0n) is 9.99. The first-order valence-corrected chi connectivity index (χ1v) is 6.78. The molecule has 1 saturated heterocycles. The molecule has 0 spiro atoms. The summed E-state index contributed by atoms with van der Waals surface area (Å²) in [5.41, 5.74) is 0.691. The molecule has 4 nitrogen and oxygen atoms in total. The molecule has 2 rings (SSSR count). The van der Waals surface area contributed by atoms with E-state index in [1.54, 1.807) is 11.0 Å². The van der Waals surface area contributed by atoms with Crippen LogP contribution in [0, 0.1) is 0 Å². The first kappa shape index (κ1) is 13.1. The van der Waals surface area contributed by atoms with Crippen LogP contribution in [0.1, 0.15) is 19.3 Å². The predicted octanol–water partition coefficient (Wildman–Crippen LogP) is 2.40. The lowest BCUT2D eigenvalue weighted by molar-refractivity contribution is -0.133. The summed E-state index contributed by atoms with van der Waals surface area (Å²) < 4.78 is 0.812. The van der Waals surface area contributed by atoms with Crippen molar-refractivity contribution in [1.29, 1.82) is 0 Å². The maximum atomic E-state index is 11.8. The highest BCUT2D eigenvalue weighted by molar-refractivity contribution is 9.10. The number of benzene rings is 1. The molecule has 1 aromatic rings. The Morgan fingerprint density at radius 3 is 2.56 bits per heavy atom. The fourth-order valence-corrected chi connectivity index (χ4v) is 2.36. The van der Waals surface area contributed by atoms with Gasteiger partial charge in [0.25, 0.3) is 0 Å². The highest BCUT2D eigenvalue weighted by atomic mass is 79.9. The lowest BCUT2D eigenvalue weighted by Gasteiger charge is -2.15. The molecule has 1 heterocycles. The molecule has 0 saturated carbocycles. The largest absolute Gasteiger partial charge is 0.342 e. The number of hydrogen-bond donors (Lipinski definition) is 1. The molecule has 0 radical (unpaired) electrons. The van der Waals surface area contributed by atoms with E-state index in [4.69, 9.17) is 0 Å². The Morgan fingerprint density at radius 2 is 1.89 bits per heavy atom. The van der Waals surface area contributed by atoms with Crippen LogP contribution < -0.4 is 5.32 Å². The van der Waals surface area contributed by atoms with Gasteiger partial charge in [0, 0.05) is 17.6 Å².